The minimum atomic E-state index is 0.142. The van der Waals surface area contributed by atoms with E-state index >= 15 is 0 Å². The molecule has 2 aromatic rings. The molecule has 0 radical (unpaired) electrons. The SMILES string of the molecule is CNC(CSc1ccc(Cl)cc1)c1c(Cl)cnn1C(C)C. The lowest BCUT2D eigenvalue weighted by molar-refractivity contribution is 0.477. The Morgan fingerprint density at radius 2 is 1.90 bits per heavy atom. The molecule has 0 saturated carbocycles. The van der Waals surface area contributed by atoms with Crippen LogP contribution < -0.4 is 5.32 Å². The van der Waals surface area contributed by atoms with Gasteiger partial charge in [-0.1, -0.05) is 23.2 Å². The zero-order chi connectivity index (χ0) is 15.4. The van der Waals surface area contributed by atoms with Crippen molar-refractivity contribution >= 4 is 35.0 Å². The Balaban J connectivity index is 2.13. The lowest BCUT2D eigenvalue weighted by Crippen LogP contribution is -2.23. The Morgan fingerprint density at radius 1 is 1.24 bits per heavy atom. The lowest BCUT2D eigenvalue weighted by atomic mass is 10.2. The lowest BCUT2D eigenvalue weighted by Gasteiger charge is -2.20. The predicted octanol–water partition coefficient (Wildman–Crippen LogP) is 4.82. The number of thioether (sulfide) groups is 1. The van der Waals surface area contributed by atoms with E-state index in [-0.39, 0.29) is 12.1 Å². The van der Waals surface area contributed by atoms with Crippen LogP contribution in [0.3, 0.4) is 0 Å². The first-order valence-corrected chi connectivity index (χ1v) is 8.55. The molecule has 114 valence electrons. The van der Waals surface area contributed by atoms with Crippen molar-refractivity contribution in [2.45, 2.75) is 30.8 Å². The summed E-state index contributed by atoms with van der Waals surface area (Å²) in [4.78, 5) is 1.19. The van der Waals surface area contributed by atoms with E-state index in [1.807, 2.05) is 36.0 Å². The minimum Gasteiger partial charge on any atom is -0.311 e. The fraction of sp³-hybridized carbons (Fsp3) is 0.400. The number of aromatic nitrogens is 2. The number of halogens is 2. The van der Waals surface area contributed by atoms with Crippen LogP contribution in [0.25, 0.3) is 0 Å². The molecule has 1 heterocycles. The highest BCUT2D eigenvalue weighted by atomic mass is 35.5. The normalized spacial score (nSPS) is 12.9. The van der Waals surface area contributed by atoms with Gasteiger partial charge in [-0.15, -0.1) is 11.8 Å². The molecule has 0 saturated heterocycles. The van der Waals surface area contributed by atoms with Crippen LogP contribution in [0, 0.1) is 0 Å². The molecule has 1 aromatic heterocycles. The maximum atomic E-state index is 6.32. The number of benzene rings is 1. The molecule has 0 spiro atoms. The van der Waals surface area contributed by atoms with Crippen molar-refractivity contribution in [2.75, 3.05) is 12.8 Å². The van der Waals surface area contributed by atoms with Gasteiger partial charge in [-0.3, -0.25) is 4.68 Å². The molecule has 1 atom stereocenters. The molecular formula is C15H19Cl2N3S. The topological polar surface area (TPSA) is 29.9 Å². The molecule has 1 unspecified atom stereocenters. The van der Waals surface area contributed by atoms with Crippen molar-refractivity contribution in [1.29, 1.82) is 0 Å². The second-order valence-electron chi connectivity index (χ2n) is 5.02. The van der Waals surface area contributed by atoms with Gasteiger partial charge in [-0.25, -0.2) is 0 Å². The van der Waals surface area contributed by atoms with E-state index in [4.69, 9.17) is 23.2 Å². The monoisotopic (exact) mass is 343 g/mol. The Kier molecular flexibility index (Phi) is 5.99. The third-order valence-electron chi connectivity index (χ3n) is 3.18. The number of nitrogens with one attached hydrogen (secondary N) is 1. The second kappa shape index (κ2) is 7.54. The number of rotatable bonds is 6. The van der Waals surface area contributed by atoms with Crippen molar-refractivity contribution in [2.24, 2.45) is 0 Å². The number of nitrogens with zero attached hydrogens (tertiary/aromatic N) is 2. The number of hydrogen-bond donors (Lipinski definition) is 1. The maximum Gasteiger partial charge on any atom is 0.0834 e. The Morgan fingerprint density at radius 3 is 2.48 bits per heavy atom. The summed E-state index contributed by atoms with van der Waals surface area (Å²) in [6, 6.07) is 8.29. The fourth-order valence-corrected chi connectivity index (χ4v) is 3.50. The van der Waals surface area contributed by atoms with Gasteiger partial charge < -0.3 is 5.32 Å². The van der Waals surface area contributed by atoms with E-state index in [1.165, 1.54) is 4.90 Å². The zero-order valence-electron chi connectivity index (χ0n) is 12.3. The maximum absolute atomic E-state index is 6.32. The van der Waals surface area contributed by atoms with Gasteiger partial charge in [0, 0.05) is 21.7 Å². The number of hydrogen-bond acceptors (Lipinski definition) is 3. The highest BCUT2D eigenvalue weighted by Crippen LogP contribution is 2.30. The van der Waals surface area contributed by atoms with Gasteiger partial charge in [0.05, 0.1) is 23.0 Å². The van der Waals surface area contributed by atoms with Gasteiger partial charge in [0.15, 0.2) is 0 Å². The molecule has 0 amide bonds. The van der Waals surface area contributed by atoms with Crippen LogP contribution in [0.4, 0.5) is 0 Å². The molecule has 0 aliphatic rings. The van der Waals surface area contributed by atoms with Crippen molar-refractivity contribution in [3.8, 4) is 0 Å². The highest BCUT2D eigenvalue weighted by Gasteiger charge is 2.20. The Hall–Kier alpha value is -0.680. The summed E-state index contributed by atoms with van der Waals surface area (Å²) in [5, 5.41) is 9.16. The minimum absolute atomic E-state index is 0.142. The van der Waals surface area contributed by atoms with Crippen LogP contribution in [0.1, 0.15) is 31.6 Å². The fourth-order valence-electron chi connectivity index (χ4n) is 2.10. The van der Waals surface area contributed by atoms with Crippen molar-refractivity contribution in [3.63, 3.8) is 0 Å². The summed E-state index contributed by atoms with van der Waals surface area (Å²) in [6.45, 7) is 4.21. The average Bonchev–Trinajstić information content (AvgIpc) is 2.84. The van der Waals surface area contributed by atoms with E-state index in [0.29, 0.717) is 5.02 Å². The van der Waals surface area contributed by atoms with Gasteiger partial charge >= 0.3 is 0 Å². The molecule has 0 aliphatic heterocycles. The molecule has 0 fully saturated rings. The van der Waals surface area contributed by atoms with Crippen LogP contribution in [-0.2, 0) is 0 Å². The largest absolute Gasteiger partial charge is 0.311 e. The van der Waals surface area contributed by atoms with E-state index in [1.54, 1.807) is 18.0 Å². The quantitative estimate of drug-likeness (QED) is 0.762. The van der Waals surface area contributed by atoms with Crippen LogP contribution >= 0.6 is 35.0 Å². The first-order chi connectivity index (χ1) is 10.0. The summed E-state index contributed by atoms with van der Waals surface area (Å²) in [7, 11) is 1.95. The average molecular weight is 344 g/mol. The molecule has 1 aromatic carbocycles. The predicted molar refractivity (Wildman–Crippen MR) is 91.6 cm³/mol. The molecule has 2 rings (SSSR count). The molecule has 1 N–H and O–H groups in total. The zero-order valence-corrected chi connectivity index (χ0v) is 14.6. The molecule has 3 nitrogen and oxygen atoms in total. The summed E-state index contributed by atoms with van der Waals surface area (Å²) in [5.74, 6) is 0.871. The van der Waals surface area contributed by atoms with Gasteiger partial charge in [0.2, 0.25) is 0 Å². The second-order valence-corrected chi connectivity index (χ2v) is 6.96. The summed E-state index contributed by atoms with van der Waals surface area (Å²) >= 11 is 14.0. The molecule has 0 bridgehead atoms. The van der Waals surface area contributed by atoms with E-state index in [0.717, 1.165) is 16.5 Å². The first-order valence-electron chi connectivity index (χ1n) is 6.81. The third kappa shape index (κ3) is 4.16. The van der Waals surface area contributed by atoms with Crippen molar-refractivity contribution in [1.82, 2.24) is 15.1 Å². The van der Waals surface area contributed by atoms with Gasteiger partial charge in [-0.05, 0) is 45.2 Å². The van der Waals surface area contributed by atoms with E-state index < -0.39 is 0 Å². The van der Waals surface area contributed by atoms with Gasteiger partial charge in [0.25, 0.3) is 0 Å². The van der Waals surface area contributed by atoms with E-state index in [9.17, 15) is 0 Å². The summed E-state index contributed by atoms with van der Waals surface area (Å²) in [6.07, 6.45) is 1.72. The smallest absolute Gasteiger partial charge is 0.0834 e. The Bertz CT molecular complexity index is 581. The first kappa shape index (κ1) is 16.7. The van der Waals surface area contributed by atoms with Crippen LogP contribution in [-0.4, -0.2) is 22.6 Å². The standard InChI is InChI=1S/C15H19Cl2N3S/c1-10(2)20-15(13(17)8-19-20)14(18-3)9-21-12-6-4-11(16)5-7-12/h4-8,10,14,18H,9H2,1-3H3. The van der Waals surface area contributed by atoms with Gasteiger partial charge in [0.1, 0.15) is 0 Å². The molecule has 6 heteroatoms. The van der Waals surface area contributed by atoms with E-state index in [2.05, 4.69) is 24.3 Å². The molecule has 0 aliphatic carbocycles. The van der Waals surface area contributed by atoms with Crippen LogP contribution in [0.5, 0.6) is 0 Å². The third-order valence-corrected chi connectivity index (χ3v) is 4.83. The van der Waals surface area contributed by atoms with Crippen molar-refractivity contribution in [3.05, 3.63) is 46.2 Å². The highest BCUT2D eigenvalue weighted by molar-refractivity contribution is 7.99. The van der Waals surface area contributed by atoms with Crippen molar-refractivity contribution < 1.29 is 0 Å². The molecule has 21 heavy (non-hydrogen) atoms. The molecular weight excluding hydrogens is 325 g/mol. The summed E-state index contributed by atoms with van der Waals surface area (Å²) < 4.78 is 1.98. The Labute approximate surface area is 140 Å². The van der Waals surface area contributed by atoms with Gasteiger partial charge in [-0.2, -0.15) is 5.10 Å². The summed E-state index contributed by atoms with van der Waals surface area (Å²) in [5.41, 5.74) is 1.04. The van der Waals surface area contributed by atoms with Crippen LogP contribution in [0.15, 0.2) is 35.4 Å². The van der Waals surface area contributed by atoms with Crippen LogP contribution in [0.2, 0.25) is 10.0 Å².